The summed E-state index contributed by atoms with van der Waals surface area (Å²) in [7, 11) is -0.997. The Morgan fingerprint density at radius 2 is 1.53 bits per heavy atom. The zero-order valence-electron chi connectivity index (χ0n) is 10.8. The average Bonchev–Trinajstić information content (AvgIpc) is 2.78. The van der Waals surface area contributed by atoms with Gasteiger partial charge in [-0.05, 0) is 25.9 Å². The van der Waals surface area contributed by atoms with Gasteiger partial charge in [-0.15, -0.1) is 0 Å². The van der Waals surface area contributed by atoms with Gasteiger partial charge in [0.1, 0.15) is 0 Å². The monoisotopic (exact) mass is 225 g/mol. The molecule has 1 fully saturated rings. The molecule has 0 aromatic carbocycles. The molecule has 0 aromatic rings. The van der Waals surface area contributed by atoms with Gasteiger partial charge in [0.2, 0.25) is 0 Å². The SMILES string of the molecule is CC[Si](/C=C/CN1CCCC1)(CC)CC. The zero-order chi connectivity index (χ0) is 11.1. The maximum absolute atomic E-state index is 2.62. The summed E-state index contributed by atoms with van der Waals surface area (Å²) in [5.41, 5.74) is 2.62. The van der Waals surface area contributed by atoms with E-state index in [1.807, 2.05) is 0 Å². The Morgan fingerprint density at radius 1 is 1.00 bits per heavy atom. The molecule has 0 aliphatic carbocycles. The van der Waals surface area contributed by atoms with Crippen molar-refractivity contribution in [1.82, 2.24) is 4.90 Å². The van der Waals surface area contributed by atoms with Crippen molar-refractivity contribution in [2.75, 3.05) is 19.6 Å². The van der Waals surface area contributed by atoms with E-state index in [9.17, 15) is 0 Å². The first-order chi connectivity index (χ1) is 7.26. The summed E-state index contributed by atoms with van der Waals surface area (Å²) in [6, 6.07) is 4.24. The molecule has 0 spiro atoms. The highest BCUT2D eigenvalue weighted by atomic mass is 28.3. The fourth-order valence-electron chi connectivity index (χ4n) is 2.52. The lowest BCUT2D eigenvalue weighted by Crippen LogP contribution is -2.29. The van der Waals surface area contributed by atoms with E-state index in [4.69, 9.17) is 0 Å². The van der Waals surface area contributed by atoms with Crippen LogP contribution in [0.3, 0.4) is 0 Å². The van der Waals surface area contributed by atoms with Crippen molar-refractivity contribution in [3.63, 3.8) is 0 Å². The number of hydrogen-bond acceptors (Lipinski definition) is 1. The summed E-state index contributed by atoms with van der Waals surface area (Å²) in [5.74, 6) is 0. The van der Waals surface area contributed by atoms with Gasteiger partial charge in [0.25, 0.3) is 0 Å². The molecule has 0 atom stereocenters. The van der Waals surface area contributed by atoms with Crippen LogP contribution in [0.5, 0.6) is 0 Å². The first kappa shape index (κ1) is 13.0. The van der Waals surface area contributed by atoms with E-state index >= 15 is 0 Å². The highest BCUT2D eigenvalue weighted by molar-refractivity contribution is 6.84. The molecular weight excluding hydrogens is 198 g/mol. The van der Waals surface area contributed by atoms with Crippen LogP contribution in [-0.4, -0.2) is 32.6 Å². The van der Waals surface area contributed by atoms with Crippen LogP contribution in [0.2, 0.25) is 18.1 Å². The van der Waals surface area contributed by atoms with Crippen LogP contribution in [0.15, 0.2) is 11.8 Å². The Hall–Kier alpha value is -0.0831. The summed E-state index contributed by atoms with van der Waals surface area (Å²) in [5, 5.41) is 0. The molecule has 0 unspecified atom stereocenters. The van der Waals surface area contributed by atoms with Crippen molar-refractivity contribution >= 4 is 8.07 Å². The van der Waals surface area contributed by atoms with Gasteiger partial charge < -0.3 is 0 Å². The minimum atomic E-state index is -0.997. The molecule has 1 saturated heterocycles. The van der Waals surface area contributed by atoms with E-state index in [2.05, 4.69) is 37.4 Å². The van der Waals surface area contributed by atoms with Gasteiger partial charge in [-0.1, -0.05) is 50.7 Å². The van der Waals surface area contributed by atoms with Gasteiger partial charge >= 0.3 is 0 Å². The van der Waals surface area contributed by atoms with Crippen LogP contribution in [0.4, 0.5) is 0 Å². The molecule has 0 bridgehead atoms. The largest absolute Gasteiger partial charge is 0.300 e. The molecule has 1 rings (SSSR count). The second-order valence-corrected chi connectivity index (χ2v) is 10.0. The van der Waals surface area contributed by atoms with Crippen molar-refractivity contribution in [2.45, 2.75) is 51.7 Å². The molecule has 1 heterocycles. The Labute approximate surface area is 96.6 Å². The quantitative estimate of drug-likeness (QED) is 0.623. The van der Waals surface area contributed by atoms with Gasteiger partial charge in [0, 0.05) is 6.54 Å². The molecule has 0 aromatic heterocycles. The molecule has 2 heteroatoms. The predicted molar refractivity (Wildman–Crippen MR) is 72.0 cm³/mol. The first-order valence-corrected chi connectivity index (χ1v) is 9.36. The Kier molecular flexibility index (Phi) is 5.62. The van der Waals surface area contributed by atoms with Crippen LogP contribution in [0.25, 0.3) is 0 Å². The van der Waals surface area contributed by atoms with E-state index < -0.39 is 8.07 Å². The molecule has 15 heavy (non-hydrogen) atoms. The smallest absolute Gasteiger partial charge is 0.0766 e. The molecule has 0 N–H and O–H groups in total. The Bertz CT molecular complexity index is 182. The van der Waals surface area contributed by atoms with E-state index in [1.165, 1.54) is 50.6 Å². The van der Waals surface area contributed by atoms with E-state index in [-0.39, 0.29) is 0 Å². The van der Waals surface area contributed by atoms with E-state index in [0.717, 1.165) is 0 Å². The summed E-state index contributed by atoms with van der Waals surface area (Å²) < 4.78 is 0. The van der Waals surface area contributed by atoms with E-state index in [1.54, 1.807) is 0 Å². The third-order valence-corrected chi connectivity index (χ3v) is 9.31. The van der Waals surface area contributed by atoms with Crippen molar-refractivity contribution in [2.24, 2.45) is 0 Å². The van der Waals surface area contributed by atoms with Crippen molar-refractivity contribution < 1.29 is 0 Å². The Morgan fingerprint density at radius 3 is 2.00 bits per heavy atom. The number of rotatable bonds is 6. The number of likely N-dealkylation sites (tertiary alicyclic amines) is 1. The molecule has 88 valence electrons. The molecule has 0 radical (unpaired) electrons. The fourth-order valence-corrected chi connectivity index (χ4v) is 5.33. The topological polar surface area (TPSA) is 3.24 Å². The Balaban J connectivity index is 2.39. The highest BCUT2D eigenvalue weighted by Crippen LogP contribution is 2.21. The highest BCUT2D eigenvalue weighted by Gasteiger charge is 2.22. The molecule has 0 amide bonds. The lowest BCUT2D eigenvalue weighted by molar-refractivity contribution is 0.377. The second kappa shape index (κ2) is 6.49. The number of hydrogen-bond donors (Lipinski definition) is 0. The molecule has 1 aliphatic rings. The van der Waals surface area contributed by atoms with Crippen LogP contribution in [0, 0.1) is 0 Å². The van der Waals surface area contributed by atoms with Crippen LogP contribution in [-0.2, 0) is 0 Å². The minimum absolute atomic E-state index is 0.997. The maximum atomic E-state index is 2.62. The second-order valence-electron chi connectivity index (χ2n) is 4.83. The summed E-state index contributed by atoms with van der Waals surface area (Å²) in [6.45, 7) is 11.0. The lowest BCUT2D eigenvalue weighted by Gasteiger charge is -2.24. The summed E-state index contributed by atoms with van der Waals surface area (Å²) >= 11 is 0. The van der Waals surface area contributed by atoms with E-state index in [0.29, 0.717) is 0 Å². The van der Waals surface area contributed by atoms with Crippen LogP contribution < -0.4 is 0 Å². The minimum Gasteiger partial charge on any atom is -0.300 e. The standard InChI is InChI=1S/C13H27NSi/c1-4-15(5-2,6-3)13-9-12-14-10-7-8-11-14/h9,13H,4-8,10-12H2,1-3H3/b13-9+. The predicted octanol–water partition coefficient (Wildman–Crippen LogP) is 3.69. The van der Waals surface area contributed by atoms with Gasteiger partial charge in [-0.3, -0.25) is 4.90 Å². The zero-order valence-corrected chi connectivity index (χ0v) is 11.8. The van der Waals surface area contributed by atoms with Crippen LogP contribution >= 0.6 is 0 Å². The van der Waals surface area contributed by atoms with Crippen LogP contribution in [0.1, 0.15) is 33.6 Å². The fraction of sp³-hybridized carbons (Fsp3) is 0.846. The first-order valence-electron chi connectivity index (χ1n) is 6.66. The van der Waals surface area contributed by atoms with Crippen molar-refractivity contribution in [3.05, 3.63) is 11.8 Å². The molecule has 0 saturated carbocycles. The number of nitrogens with zero attached hydrogens (tertiary/aromatic N) is 1. The summed E-state index contributed by atoms with van der Waals surface area (Å²) in [6.07, 6.45) is 5.28. The van der Waals surface area contributed by atoms with Gasteiger partial charge in [-0.25, -0.2) is 0 Å². The molecule has 1 nitrogen and oxygen atoms in total. The average molecular weight is 225 g/mol. The maximum Gasteiger partial charge on any atom is 0.0766 e. The normalized spacial score (nSPS) is 19.1. The lowest BCUT2D eigenvalue weighted by atomic mass is 10.4. The van der Waals surface area contributed by atoms with Gasteiger partial charge in [0.05, 0.1) is 8.07 Å². The third kappa shape index (κ3) is 3.76. The van der Waals surface area contributed by atoms with Crippen molar-refractivity contribution in [1.29, 1.82) is 0 Å². The third-order valence-electron chi connectivity index (χ3n) is 4.15. The van der Waals surface area contributed by atoms with Gasteiger partial charge in [0.15, 0.2) is 0 Å². The van der Waals surface area contributed by atoms with Crippen molar-refractivity contribution in [3.8, 4) is 0 Å². The molecular formula is C13H27NSi. The van der Waals surface area contributed by atoms with Gasteiger partial charge in [-0.2, -0.15) is 0 Å². The molecule has 1 aliphatic heterocycles. The summed E-state index contributed by atoms with van der Waals surface area (Å²) in [4.78, 5) is 2.58.